The number of aryl methyl sites for hydroxylation is 1. The summed E-state index contributed by atoms with van der Waals surface area (Å²) in [6, 6.07) is 14.5. The third-order valence-corrected chi connectivity index (χ3v) is 4.66. The molecule has 1 heterocycles. The molecule has 3 aromatic rings. The first-order chi connectivity index (χ1) is 13.7. The van der Waals surface area contributed by atoms with E-state index in [0.29, 0.717) is 18.6 Å². The number of unbranched alkanes of at least 4 members (excludes halogenated alkanes) is 2. The average Bonchev–Trinajstić information content (AvgIpc) is 2.71. The van der Waals surface area contributed by atoms with Crippen LogP contribution in [0.15, 0.2) is 59.5 Å². The summed E-state index contributed by atoms with van der Waals surface area (Å²) in [5, 5.41) is 10.7. The van der Waals surface area contributed by atoms with Gasteiger partial charge in [0.05, 0.1) is 12.0 Å². The van der Waals surface area contributed by atoms with Gasteiger partial charge in [0.25, 0.3) is 5.56 Å². The number of phenols is 1. The first kappa shape index (κ1) is 19.8. The van der Waals surface area contributed by atoms with E-state index in [2.05, 4.69) is 6.92 Å². The van der Waals surface area contributed by atoms with Gasteiger partial charge in [-0.25, -0.2) is 0 Å². The van der Waals surface area contributed by atoms with Crippen LogP contribution >= 0.6 is 0 Å². The molecule has 0 fully saturated rings. The van der Waals surface area contributed by atoms with Crippen molar-refractivity contribution < 1.29 is 14.7 Å². The van der Waals surface area contributed by atoms with Gasteiger partial charge in [0.2, 0.25) is 0 Å². The molecule has 0 bridgehead atoms. The van der Waals surface area contributed by atoms with Crippen LogP contribution in [-0.4, -0.2) is 23.1 Å². The van der Waals surface area contributed by atoms with Gasteiger partial charge >= 0.3 is 0 Å². The summed E-state index contributed by atoms with van der Waals surface area (Å²) in [4.78, 5) is 18.4. The number of nitrogens with zero attached hydrogens (tertiary/aromatic N) is 1. The smallest absolute Gasteiger partial charge is 0.290 e. The Hall–Kier alpha value is -2.95. The van der Waals surface area contributed by atoms with E-state index >= 15 is 0 Å². The van der Waals surface area contributed by atoms with E-state index in [4.69, 9.17) is 9.57 Å². The van der Waals surface area contributed by atoms with Gasteiger partial charge in [-0.2, -0.15) is 4.73 Å². The predicted molar refractivity (Wildman–Crippen MR) is 111 cm³/mol. The van der Waals surface area contributed by atoms with Crippen molar-refractivity contribution in [3.63, 3.8) is 0 Å². The number of hydrogen-bond acceptors (Lipinski definition) is 4. The molecule has 5 heteroatoms. The van der Waals surface area contributed by atoms with Gasteiger partial charge in [0.1, 0.15) is 18.1 Å². The lowest BCUT2D eigenvalue weighted by atomic mass is 10.1. The summed E-state index contributed by atoms with van der Waals surface area (Å²) in [5.74, 6) is 1.00. The van der Waals surface area contributed by atoms with Crippen LogP contribution in [-0.2, 0) is 6.42 Å². The van der Waals surface area contributed by atoms with Crippen LogP contribution < -0.4 is 15.1 Å². The largest absolute Gasteiger partial charge is 0.508 e. The lowest BCUT2D eigenvalue weighted by molar-refractivity contribution is 0.101. The van der Waals surface area contributed by atoms with Crippen LogP contribution in [0.3, 0.4) is 0 Å². The minimum Gasteiger partial charge on any atom is -0.508 e. The van der Waals surface area contributed by atoms with Crippen molar-refractivity contribution in [2.45, 2.75) is 39.0 Å². The van der Waals surface area contributed by atoms with E-state index in [0.717, 1.165) is 48.8 Å². The maximum absolute atomic E-state index is 12.7. The number of benzene rings is 2. The fourth-order valence-corrected chi connectivity index (χ4v) is 3.09. The summed E-state index contributed by atoms with van der Waals surface area (Å²) < 4.78 is 7.16. The number of aromatic nitrogens is 1. The van der Waals surface area contributed by atoms with Crippen molar-refractivity contribution in [3.05, 3.63) is 70.6 Å². The van der Waals surface area contributed by atoms with Crippen LogP contribution in [0.4, 0.5) is 0 Å². The number of hydrogen-bond donors (Lipinski definition) is 1. The Balaban J connectivity index is 1.61. The van der Waals surface area contributed by atoms with E-state index < -0.39 is 0 Å². The van der Waals surface area contributed by atoms with Crippen LogP contribution in [0.25, 0.3) is 10.8 Å². The molecule has 1 aromatic heterocycles. The van der Waals surface area contributed by atoms with Crippen molar-refractivity contribution in [1.29, 1.82) is 0 Å². The van der Waals surface area contributed by atoms with Crippen molar-refractivity contribution in [2.24, 2.45) is 0 Å². The highest BCUT2D eigenvalue weighted by atomic mass is 16.7. The highest BCUT2D eigenvalue weighted by Crippen LogP contribution is 2.23. The molecule has 0 saturated carbocycles. The van der Waals surface area contributed by atoms with E-state index in [-0.39, 0.29) is 11.3 Å². The Morgan fingerprint density at radius 1 is 0.929 bits per heavy atom. The highest BCUT2D eigenvalue weighted by Gasteiger charge is 2.08. The van der Waals surface area contributed by atoms with Crippen molar-refractivity contribution in [1.82, 2.24) is 4.73 Å². The average molecular weight is 381 g/mol. The number of pyridine rings is 1. The Bertz CT molecular complexity index is 947. The van der Waals surface area contributed by atoms with Gasteiger partial charge in [-0.05, 0) is 55.2 Å². The molecule has 2 aromatic carbocycles. The third-order valence-electron chi connectivity index (χ3n) is 4.66. The fourth-order valence-electron chi connectivity index (χ4n) is 3.09. The standard InChI is InChI=1S/C23H27NO4/c1-2-3-4-16-27-22-9-5-8-21-20(22)14-15-24(23(21)26)28-17-6-7-18-10-12-19(25)13-11-18/h5,8-15,25H,2-4,6-7,16-17H2,1H3. The zero-order valence-corrected chi connectivity index (χ0v) is 16.3. The monoisotopic (exact) mass is 381 g/mol. The number of ether oxygens (including phenoxy) is 1. The number of fused-ring (bicyclic) bond motifs is 1. The molecule has 0 aliphatic carbocycles. The van der Waals surface area contributed by atoms with Crippen LogP contribution in [0, 0.1) is 0 Å². The molecular weight excluding hydrogens is 354 g/mol. The molecule has 0 aliphatic heterocycles. The predicted octanol–water partition coefficient (Wildman–Crippen LogP) is 4.34. The van der Waals surface area contributed by atoms with Crippen LogP contribution in [0.1, 0.15) is 38.2 Å². The van der Waals surface area contributed by atoms with Gasteiger partial charge in [-0.3, -0.25) is 4.79 Å². The molecule has 28 heavy (non-hydrogen) atoms. The molecule has 0 radical (unpaired) electrons. The molecule has 0 atom stereocenters. The van der Waals surface area contributed by atoms with Gasteiger partial charge in [0.15, 0.2) is 0 Å². The Labute approximate surface area is 165 Å². The molecule has 0 unspecified atom stereocenters. The van der Waals surface area contributed by atoms with E-state index in [9.17, 15) is 9.90 Å². The fraction of sp³-hybridized carbons (Fsp3) is 0.348. The summed E-state index contributed by atoms with van der Waals surface area (Å²) in [6.45, 7) is 3.24. The zero-order valence-electron chi connectivity index (χ0n) is 16.3. The molecule has 1 N–H and O–H groups in total. The highest BCUT2D eigenvalue weighted by molar-refractivity contribution is 5.87. The molecule has 3 rings (SSSR count). The second-order valence-corrected chi connectivity index (χ2v) is 6.82. The minimum atomic E-state index is -0.179. The van der Waals surface area contributed by atoms with Gasteiger partial charge in [0, 0.05) is 11.6 Å². The first-order valence-corrected chi connectivity index (χ1v) is 9.87. The Kier molecular flexibility index (Phi) is 6.95. The molecule has 0 spiro atoms. The number of phenolic OH excluding ortho intramolecular Hbond substituents is 1. The molecule has 148 valence electrons. The van der Waals surface area contributed by atoms with E-state index in [1.807, 2.05) is 30.3 Å². The van der Waals surface area contributed by atoms with Crippen molar-refractivity contribution in [3.8, 4) is 11.5 Å². The summed E-state index contributed by atoms with van der Waals surface area (Å²) in [5.41, 5.74) is 0.943. The number of rotatable bonds is 10. The van der Waals surface area contributed by atoms with Crippen LogP contribution in [0.2, 0.25) is 0 Å². The van der Waals surface area contributed by atoms with Gasteiger partial charge < -0.3 is 14.7 Å². The molecule has 0 amide bonds. The maximum atomic E-state index is 12.7. The molecule has 0 saturated heterocycles. The molecular formula is C23H27NO4. The lowest BCUT2D eigenvalue weighted by Gasteiger charge is -2.12. The Morgan fingerprint density at radius 3 is 2.54 bits per heavy atom. The van der Waals surface area contributed by atoms with E-state index in [1.54, 1.807) is 24.4 Å². The lowest BCUT2D eigenvalue weighted by Crippen LogP contribution is -2.27. The summed E-state index contributed by atoms with van der Waals surface area (Å²) in [7, 11) is 0. The maximum Gasteiger partial charge on any atom is 0.290 e. The SMILES string of the molecule is CCCCCOc1cccc2c(=O)n(OCCCc3ccc(O)cc3)ccc12. The van der Waals surface area contributed by atoms with Crippen molar-refractivity contribution >= 4 is 10.8 Å². The third kappa shape index (κ3) is 5.06. The van der Waals surface area contributed by atoms with E-state index in [1.165, 1.54) is 4.73 Å². The van der Waals surface area contributed by atoms with Crippen molar-refractivity contribution in [2.75, 3.05) is 13.2 Å². The number of aromatic hydroxyl groups is 1. The quantitative estimate of drug-likeness (QED) is 0.531. The van der Waals surface area contributed by atoms with Gasteiger partial charge in [-0.15, -0.1) is 0 Å². The normalized spacial score (nSPS) is 10.9. The topological polar surface area (TPSA) is 60.7 Å². The molecule has 0 aliphatic rings. The minimum absolute atomic E-state index is 0.179. The second kappa shape index (κ2) is 9.83. The molecule has 5 nitrogen and oxygen atoms in total. The second-order valence-electron chi connectivity index (χ2n) is 6.82. The Morgan fingerprint density at radius 2 is 1.75 bits per heavy atom. The first-order valence-electron chi connectivity index (χ1n) is 9.87. The summed E-state index contributed by atoms with van der Waals surface area (Å²) in [6.07, 6.45) is 6.54. The zero-order chi connectivity index (χ0) is 19.8. The summed E-state index contributed by atoms with van der Waals surface area (Å²) >= 11 is 0. The van der Waals surface area contributed by atoms with Crippen LogP contribution in [0.5, 0.6) is 11.5 Å². The van der Waals surface area contributed by atoms with Gasteiger partial charge in [-0.1, -0.05) is 38.0 Å².